The SMILES string of the molecule is CCOC(=O)c1n[nH]nc1-c1cc(B2OC(C)(C)C(C)(C)O2)ccc1OC. The van der Waals surface area contributed by atoms with Crippen LogP contribution in [0.1, 0.15) is 45.1 Å². The third kappa shape index (κ3) is 3.44. The van der Waals surface area contributed by atoms with Crippen molar-refractivity contribution in [3.63, 3.8) is 0 Å². The summed E-state index contributed by atoms with van der Waals surface area (Å²) in [6.07, 6.45) is 0. The number of hydrogen-bond acceptors (Lipinski definition) is 7. The molecular formula is C18H24BN3O5. The molecule has 0 amide bonds. The molecule has 1 aromatic carbocycles. The highest BCUT2D eigenvalue weighted by atomic mass is 16.7. The molecule has 8 nitrogen and oxygen atoms in total. The Hall–Kier alpha value is -2.39. The van der Waals surface area contributed by atoms with Crippen LogP contribution in [0.15, 0.2) is 18.2 Å². The van der Waals surface area contributed by atoms with Crippen molar-refractivity contribution < 1.29 is 23.6 Å². The first-order valence-corrected chi connectivity index (χ1v) is 8.82. The van der Waals surface area contributed by atoms with Gasteiger partial charge >= 0.3 is 13.1 Å². The number of nitrogens with one attached hydrogen (secondary N) is 1. The van der Waals surface area contributed by atoms with E-state index in [1.807, 2.05) is 39.8 Å². The van der Waals surface area contributed by atoms with Crippen molar-refractivity contribution in [3.8, 4) is 17.0 Å². The van der Waals surface area contributed by atoms with E-state index < -0.39 is 24.3 Å². The van der Waals surface area contributed by atoms with Gasteiger partial charge in [-0.3, -0.25) is 0 Å². The second-order valence-electron chi connectivity index (χ2n) is 7.29. The van der Waals surface area contributed by atoms with Crippen LogP contribution in [0, 0.1) is 0 Å². The maximum Gasteiger partial charge on any atom is 0.494 e. The lowest BCUT2D eigenvalue weighted by atomic mass is 9.78. The number of nitrogens with zero attached hydrogens (tertiary/aromatic N) is 2. The van der Waals surface area contributed by atoms with Crippen molar-refractivity contribution in [2.75, 3.05) is 13.7 Å². The van der Waals surface area contributed by atoms with Crippen molar-refractivity contribution in [2.45, 2.75) is 45.8 Å². The standard InChI is InChI=1S/C18H24BN3O5/c1-7-25-16(23)15-14(20-22-21-15)12-10-11(8-9-13(12)24-6)19-26-17(2,3)18(4,5)27-19/h8-10H,7H2,1-6H3,(H,20,21,22). The summed E-state index contributed by atoms with van der Waals surface area (Å²) in [4.78, 5) is 12.2. The van der Waals surface area contributed by atoms with Crippen LogP contribution < -0.4 is 10.2 Å². The predicted molar refractivity (Wildman–Crippen MR) is 100 cm³/mol. The summed E-state index contributed by atoms with van der Waals surface area (Å²) < 4.78 is 22.7. The number of rotatable bonds is 5. The number of esters is 1. The van der Waals surface area contributed by atoms with Crippen LogP contribution in [-0.2, 0) is 14.0 Å². The molecule has 2 aromatic rings. The van der Waals surface area contributed by atoms with E-state index in [1.165, 1.54) is 0 Å². The molecule has 0 aliphatic carbocycles. The van der Waals surface area contributed by atoms with E-state index in [0.717, 1.165) is 5.46 Å². The summed E-state index contributed by atoms with van der Waals surface area (Å²) in [5, 5.41) is 10.5. The molecule has 0 spiro atoms. The van der Waals surface area contributed by atoms with Crippen LogP contribution in [0.25, 0.3) is 11.3 Å². The molecule has 1 N–H and O–H groups in total. The van der Waals surface area contributed by atoms with Crippen molar-refractivity contribution in [1.82, 2.24) is 15.4 Å². The topological polar surface area (TPSA) is 95.6 Å². The molecule has 1 aromatic heterocycles. The number of benzene rings is 1. The molecule has 144 valence electrons. The fourth-order valence-electron chi connectivity index (χ4n) is 2.80. The van der Waals surface area contributed by atoms with Crippen LogP contribution in [0.3, 0.4) is 0 Å². The van der Waals surface area contributed by atoms with E-state index in [1.54, 1.807) is 20.1 Å². The first-order chi connectivity index (χ1) is 12.7. The number of carbonyl (C=O) groups is 1. The van der Waals surface area contributed by atoms with E-state index >= 15 is 0 Å². The molecule has 9 heteroatoms. The summed E-state index contributed by atoms with van der Waals surface area (Å²) in [6, 6.07) is 5.50. The lowest BCUT2D eigenvalue weighted by Crippen LogP contribution is -2.41. The summed E-state index contributed by atoms with van der Waals surface area (Å²) in [6.45, 7) is 9.96. The van der Waals surface area contributed by atoms with Crippen molar-refractivity contribution in [1.29, 1.82) is 0 Å². The first-order valence-electron chi connectivity index (χ1n) is 8.82. The van der Waals surface area contributed by atoms with E-state index in [-0.39, 0.29) is 12.3 Å². The monoisotopic (exact) mass is 373 g/mol. The third-order valence-electron chi connectivity index (χ3n) is 5.02. The number of aromatic amines is 1. The quantitative estimate of drug-likeness (QED) is 0.632. The van der Waals surface area contributed by atoms with E-state index in [0.29, 0.717) is 17.0 Å². The highest BCUT2D eigenvalue weighted by Crippen LogP contribution is 2.37. The predicted octanol–water partition coefficient (Wildman–Crippen LogP) is 1.96. The average Bonchev–Trinajstić information content (AvgIpc) is 3.17. The van der Waals surface area contributed by atoms with Gasteiger partial charge < -0.3 is 18.8 Å². The normalized spacial score (nSPS) is 17.8. The number of hydrogen-bond donors (Lipinski definition) is 1. The average molecular weight is 373 g/mol. The molecule has 1 aliphatic heterocycles. The van der Waals surface area contributed by atoms with Crippen molar-refractivity contribution in [2.24, 2.45) is 0 Å². The zero-order chi connectivity index (χ0) is 19.8. The van der Waals surface area contributed by atoms with Crippen LogP contribution in [0.2, 0.25) is 0 Å². The molecule has 0 radical (unpaired) electrons. The fraction of sp³-hybridized carbons (Fsp3) is 0.500. The van der Waals surface area contributed by atoms with Gasteiger partial charge in [0.2, 0.25) is 0 Å². The summed E-state index contributed by atoms with van der Waals surface area (Å²) in [5.74, 6) is -0.000875. The second kappa shape index (κ2) is 6.97. The molecule has 3 rings (SSSR count). The Bertz CT molecular complexity index is 833. The molecule has 0 atom stereocenters. The smallest absolute Gasteiger partial charge is 0.494 e. The number of aromatic nitrogens is 3. The number of H-pyrrole nitrogens is 1. The molecule has 0 bridgehead atoms. The number of carbonyl (C=O) groups excluding carboxylic acids is 1. The van der Waals surface area contributed by atoms with Gasteiger partial charge in [0.25, 0.3) is 0 Å². The van der Waals surface area contributed by atoms with Crippen molar-refractivity contribution in [3.05, 3.63) is 23.9 Å². The Morgan fingerprint density at radius 1 is 1.19 bits per heavy atom. The first kappa shape index (κ1) is 19.4. The van der Waals surface area contributed by atoms with Gasteiger partial charge in [-0.2, -0.15) is 10.3 Å². The van der Waals surface area contributed by atoms with Gasteiger partial charge in [-0.1, -0.05) is 6.07 Å². The third-order valence-corrected chi connectivity index (χ3v) is 5.02. The Morgan fingerprint density at radius 3 is 2.44 bits per heavy atom. The van der Waals surface area contributed by atoms with Crippen molar-refractivity contribution >= 4 is 18.6 Å². The molecule has 2 heterocycles. The minimum Gasteiger partial charge on any atom is -0.496 e. The maximum absolute atomic E-state index is 12.2. The van der Waals surface area contributed by atoms with Gasteiger partial charge in [0.15, 0.2) is 5.69 Å². The number of methoxy groups -OCH3 is 1. The zero-order valence-corrected chi connectivity index (χ0v) is 16.5. The summed E-state index contributed by atoms with van der Waals surface area (Å²) in [5.41, 5.74) is 0.928. The van der Waals surface area contributed by atoms with Crippen LogP contribution in [-0.4, -0.2) is 53.4 Å². The number of ether oxygens (including phenoxy) is 2. The zero-order valence-electron chi connectivity index (χ0n) is 16.5. The van der Waals surface area contributed by atoms with Gasteiger partial charge in [-0.15, -0.1) is 5.10 Å². The molecule has 0 unspecified atom stereocenters. The minimum atomic E-state index is -0.552. The Morgan fingerprint density at radius 2 is 1.85 bits per heavy atom. The molecule has 0 saturated carbocycles. The fourth-order valence-corrected chi connectivity index (χ4v) is 2.80. The van der Waals surface area contributed by atoms with Gasteiger partial charge in [-0.05, 0) is 52.2 Å². The largest absolute Gasteiger partial charge is 0.496 e. The Balaban J connectivity index is 2.02. The van der Waals surface area contributed by atoms with Gasteiger partial charge in [0.1, 0.15) is 11.4 Å². The van der Waals surface area contributed by atoms with Crippen LogP contribution in [0.5, 0.6) is 5.75 Å². The summed E-state index contributed by atoms with van der Waals surface area (Å²) >= 11 is 0. The second-order valence-corrected chi connectivity index (χ2v) is 7.29. The van der Waals surface area contributed by atoms with E-state index in [9.17, 15) is 4.79 Å². The molecule has 1 aliphatic rings. The van der Waals surface area contributed by atoms with E-state index in [2.05, 4.69) is 15.4 Å². The minimum absolute atomic E-state index is 0.0984. The molecule has 1 saturated heterocycles. The Labute approximate surface area is 158 Å². The lowest BCUT2D eigenvalue weighted by Gasteiger charge is -2.32. The molecule has 1 fully saturated rings. The lowest BCUT2D eigenvalue weighted by molar-refractivity contribution is 0.00578. The van der Waals surface area contributed by atoms with Crippen LogP contribution >= 0.6 is 0 Å². The highest BCUT2D eigenvalue weighted by Gasteiger charge is 2.51. The van der Waals surface area contributed by atoms with Gasteiger partial charge in [-0.25, -0.2) is 4.79 Å². The van der Waals surface area contributed by atoms with Crippen LogP contribution in [0.4, 0.5) is 0 Å². The molecule has 27 heavy (non-hydrogen) atoms. The highest BCUT2D eigenvalue weighted by molar-refractivity contribution is 6.62. The van der Waals surface area contributed by atoms with Gasteiger partial charge in [0.05, 0.1) is 24.9 Å². The summed E-state index contributed by atoms with van der Waals surface area (Å²) in [7, 11) is 1.01. The molecular weight excluding hydrogens is 349 g/mol. The maximum atomic E-state index is 12.2. The van der Waals surface area contributed by atoms with Gasteiger partial charge in [0, 0.05) is 5.56 Å². The Kier molecular flexibility index (Phi) is 5.01. The van der Waals surface area contributed by atoms with E-state index in [4.69, 9.17) is 18.8 Å².